The fourth-order valence-electron chi connectivity index (χ4n) is 3.06. The van der Waals surface area contributed by atoms with Crippen LogP contribution >= 0.6 is 0 Å². The van der Waals surface area contributed by atoms with Crippen LogP contribution < -0.4 is 0 Å². The van der Waals surface area contributed by atoms with Crippen LogP contribution in [0.5, 0.6) is 0 Å². The van der Waals surface area contributed by atoms with E-state index in [0.717, 1.165) is 31.1 Å². The van der Waals surface area contributed by atoms with Crippen molar-refractivity contribution in [3.8, 4) is 6.07 Å². The normalized spacial score (nSPS) is 19.0. The Hall–Kier alpha value is -2.16. The molecule has 0 aliphatic carbocycles. The Bertz CT molecular complexity index is 664. The lowest BCUT2D eigenvalue weighted by Crippen LogP contribution is -2.39. The molecule has 1 aliphatic heterocycles. The van der Waals surface area contributed by atoms with Crippen LogP contribution in [0.2, 0.25) is 0 Å². The predicted octanol–water partition coefficient (Wildman–Crippen LogP) is 2.47. The number of nitrogens with zero attached hydrogens (tertiary/aromatic N) is 3. The van der Waals surface area contributed by atoms with Gasteiger partial charge in [0.25, 0.3) is 0 Å². The maximum atomic E-state index is 8.89. The topological polar surface area (TPSA) is 64.9 Å². The number of ether oxygens (including phenoxy) is 1. The van der Waals surface area contributed by atoms with Crippen molar-refractivity contribution < 1.29 is 4.74 Å². The summed E-state index contributed by atoms with van der Waals surface area (Å²) in [6.45, 7) is 7.29. The summed E-state index contributed by atoms with van der Waals surface area (Å²) >= 11 is 0. The van der Waals surface area contributed by atoms with Crippen LogP contribution in [0, 0.1) is 25.2 Å². The van der Waals surface area contributed by atoms with Gasteiger partial charge in [-0.1, -0.05) is 12.1 Å². The molecule has 5 nitrogen and oxygen atoms in total. The van der Waals surface area contributed by atoms with Gasteiger partial charge >= 0.3 is 0 Å². The molecule has 1 aromatic heterocycles. The molecule has 2 aromatic rings. The second-order valence-electron chi connectivity index (χ2n) is 5.72. The summed E-state index contributed by atoms with van der Waals surface area (Å²) in [7, 11) is 0. The minimum absolute atomic E-state index is 0.225. The molecular formula is C17H20N4O. The summed E-state index contributed by atoms with van der Waals surface area (Å²) < 4.78 is 5.69. The molecule has 1 atom stereocenters. The first-order chi connectivity index (χ1) is 10.7. The highest BCUT2D eigenvalue weighted by Crippen LogP contribution is 2.29. The van der Waals surface area contributed by atoms with Gasteiger partial charge in [-0.05, 0) is 31.5 Å². The SMILES string of the molecule is Cc1n[nH]c(C)c1[C@H]1COCCN1Cc1ccc(C#N)cc1. The van der Waals surface area contributed by atoms with Crippen LogP contribution in [0.15, 0.2) is 24.3 Å². The molecule has 0 saturated carbocycles. The fourth-order valence-corrected chi connectivity index (χ4v) is 3.06. The second-order valence-corrected chi connectivity index (χ2v) is 5.72. The molecule has 1 saturated heterocycles. The van der Waals surface area contributed by atoms with Gasteiger partial charge < -0.3 is 4.74 Å². The quantitative estimate of drug-likeness (QED) is 0.945. The van der Waals surface area contributed by atoms with E-state index in [1.54, 1.807) is 0 Å². The minimum Gasteiger partial charge on any atom is -0.378 e. The third kappa shape index (κ3) is 2.89. The molecular weight excluding hydrogens is 276 g/mol. The van der Waals surface area contributed by atoms with Crippen molar-refractivity contribution in [3.05, 3.63) is 52.3 Å². The summed E-state index contributed by atoms with van der Waals surface area (Å²) in [5.74, 6) is 0. The molecule has 1 aliphatic rings. The molecule has 0 unspecified atom stereocenters. The van der Waals surface area contributed by atoms with E-state index in [4.69, 9.17) is 10.00 Å². The Labute approximate surface area is 130 Å². The number of nitrogens with one attached hydrogen (secondary N) is 1. The lowest BCUT2D eigenvalue weighted by Gasteiger charge is -2.36. The van der Waals surface area contributed by atoms with Crippen LogP contribution in [-0.2, 0) is 11.3 Å². The first-order valence-corrected chi connectivity index (χ1v) is 7.51. The second kappa shape index (κ2) is 6.30. The molecule has 0 spiro atoms. The molecule has 114 valence electrons. The highest BCUT2D eigenvalue weighted by molar-refractivity contribution is 5.32. The van der Waals surface area contributed by atoms with E-state index >= 15 is 0 Å². The van der Waals surface area contributed by atoms with Crippen LogP contribution in [0.1, 0.15) is 34.1 Å². The zero-order chi connectivity index (χ0) is 15.5. The van der Waals surface area contributed by atoms with Crippen LogP contribution in [0.4, 0.5) is 0 Å². The van der Waals surface area contributed by atoms with E-state index in [1.807, 2.05) is 31.2 Å². The Morgan fingerprint density at radius 3 is 2.77 bits per heavy atom. The minimum atomic E-state index is 0.225. The smallest absolute Gasteiger partial charge is 0.0991 e. The van der Waals surface area contributed by atoms with Gasteiger partial charge in [-0.2, -0.15) is 10.4 Å². The Kier molecular flexibility index (Phi) is 4.23. The van der Waals surface area contributed by atoms with Crippen molar-refractivity contribution in [2.75, 3.05) is 19.8 Å². The molecule has 1 fully saturated rings. The Morgan fingerprint density at radius 1 is 1.36 bits per heavy atom. The number of aromatic nitrogens is 2. The third-order valence-corrected chi connectivity index (χ3v) is 4.23. The summed E-state index contributed by atoms with van der Waals surface area (Å²) in [6, 6.07) is 10.2. The first-order valence-electron chi connectivity index (χ1n) is 7.51. The zero-order valence-corrected chi connectivity index (χ0v) is 13.0. The molecule has 1 N–H and O–H groups in total. The molecule has 22 heavy (non-hydrogen) atoms. The lowest BCUT2D eigenvalue weighted by atomic mass is 10.0. The number of H-pyrrole nitrogens is 1. The standard InChI is InChI=1S/C17H20N4O/c1-12-17(13(2)20-19-12)16-11-22-8-7-21(16)10-15-5-3-14(9-18)4-6-15/h3-6,16H,7-8,10-11H2,1-2H3,(H,19,20)/t16-/m1/s1. The van der Waals surface area contributed by atoms with Gasteiger partial charge in [-0.25, -0.2) is 0 Å². The first kappa shape index (κ1) is 14.8. The number of rotatable bonds is 3. The van der Waals surface area contributed by atoms with Crippen molar-refractivity contribution >= 4 is 0 Å². The monoisotopic (exact) mass is 296 g/mol. The van der Waals surface area contributed by atoms with Gasteiger partial charge in [0.05, 0.1) is 36.6 Å². The summed E-state index contributed by atoms with van der Waals surface area (Å²) in [6.07, 6.45) is 0. The van der Waals surface area contributed by atoms with E-state index < -0.39 is 0 Å². The number of hydrogen-bond acceptors (Lipinski definition) is 4. The van der Waals surface area contributed by atoms with Crippen molar-refractivity contribution in [3.63, 3.8) is 0 Å². The van der Waals surface area contributed by atoms with E-state index in [9.17, 15) is 0 Å². The summed E-state index contributed by atoms with van der Waals surface area (Å²) in [4.78, 5) is 2.43. The highest BCUT2D eigenvalue weighted by atomic mass is 16.5. The van der Waals surface area contributed by atoms with Gasteiger partial charge in [0.15, 0.2) is 0 Å². The average Bonchev–Trinajstić information content (AvgIpc) is 2.88. The van der Waals surface area contributed by atoms with Gasteiger partial charge in [0.2, 0.25) is 0 Å². The fraction of sp³-hybridized carbons (Fsp3) is 0.412. The molecule has 2 heterocycles. The van der Waals surface area contributed by atoms with E-state index in [1.165, 1.54) is 11.1 Å². The average molecular weight is 296 g/mol. The van der Waals surface area contributed by atoms with Crippen molar-refractivity contribution in [1.29, 1.82) is 5.26 Å². The molecule has 3 rings (SSSR count). The molecule has 1 aromatic carbocycles. The Morgan fingerprint density at radius 2 is 2.14 bits per heavy atom. The van der Waals surface area contributed by atoms with Gasteiger partial charge in [-0.3, -0.25) is 10.00 Å². The molecule has 0 bridgehead atoms. The predicted molar refractivity (Wildman–Crippen MR) is 83.2 cm³/mol. The van der Waals surface area contributed by atoms with Gasteiger partial charge in [-0.15, -0.1) is 0 Å². The van der Waals surface area contributed by atoms with Crippen molar-refractivity contribution in [1.82, 2.24) is 15.1 Å². The van der Waals surface area contributed by atoms with E-state index in [2.05, 4.69) is 28.1 Å². The largest absolute Gasteiger partial charge is 0.378 e. The number of aryl methyl sites for hydroxylation is 2. The van der Waals surface area contributed by atoms with Crippen LogP contribution in [0.3, 0.4) is 0 Å². The van der Waals surface area contributed by atoms with Crippen molar-refractivity contribution in [2.45, 2.75) is 26.4 Å². The number of hydrogen-bond donors (Lipinski definition) is 1. The number of benzene rings is 1. The summed E-state index contributed by atoms with van der Waals surface area (Å²) in [5, 5.41) is 16.3. The van der Waals surface area contributed by atoms with E-state index in [-0.39, 0.29) is 6.04 Å². The molecule has 0 amide bonds. The lowest BCUT2D eigenvalue weighted by molar-refractivity contribution is -0.0131. The van der Waals surface area contributed by atoms with Gasteiger partial charge in [0, 0.05) is 24.3 Å². The Balaban J connectivity index is 1.82. The maximum absolute atomic E-state index is 8.89. The maximum Gasteiger partial charge on any atom is 0.0991 e. The number of nitriles is 1. The summed E-state index contributed by atoms with van der Waals surface area (Å²) in [5.41, 5.74) is 5.30. The third-order valence-electron chi connectivity index (χ3n) is 4.23. The van der Waals surface area contributed by atoms with Crippen molar-refractivity contribution in [2.24, 2.45) is 0 Å². The van der Waals surface area contributed by atoms with Crippen LogP contribution in [-0.4, -0.2) is 34.9 Å². The zero-order valence-electron chi connectivity index (χ0n) is 13.0. The number of morpholine rings is 1. The highest BCUT2D eigenvalue weighted by Gasteiger charge is 2.28. The van der Waals surface area contributed by atoms with Crippen LogP contribution in [0.25, 0.3) is 0 Å². The number of aromatic amines is 1. The molecule has 0 radical (unpaired) electrons. The van der Waals surface area contributed by atoms with Gasteiger partial charge in [0.1, 0.15) is 0 Å². The van der Waals surface area contributed by atoms with E-state index in [0.29, 0.717) is 12.2 Å². The molecule has 5 heteroatoms.